The quantitative estimate of drug-likeness (QED) is 0.556. The van der Waals surface area contributed by atoms with Crippen molar-refractivity contribution >= 4 is 22.2 Å². The van der Waals surface area contributed by atoms with Crippen LogP contribution in [-0.2, 0) is 6.54 Å². The van der Waals surface area contributed by atoms with E-state index in [4.69, 9.17) is 5.73 Å². The Balaban J connectivity index is 1.34. The van der Waals surface area contributed by atoms with E-state index in [1.165, 1.54) is 5.56 Å². The fraction of sp³-hybridized carbons (Fsp3) is 0.316. The van der Waals surface area contributed by atoms with E-state index in [1.807, 2.05) is 18.3 Å². The molecule has 4 heterocycles. The van der Waals surface area contributed by atoms with Gasteiger partial charge in [0.1, 0.15) is 17.5 Å². The Bertz CT molecular complexity index is 1040. The summed E-state index contributed by atoms with van der Waals surface area (Å²) in [7, 11) is 0. The summed E-state index contributed by atoms with van der Waals surface area (Å²) in [4.78, 5) is 10.1. The lowest BCUT2D eigenvalue weighted by atomic mass is 9.92. The molecular formula is C19H21N7. The Morgan fingerprint density at radius 2 is 1.92 bits per heavy atom. The molecule has 0 spiro atoms. The number of nitrogens with one attached hydrogen (secondary N) is 1. The van der Waals surface area contributed by atoms with Crippen molar-refractivity contribution in [2.75, 3.05) is 18.8 Å². The molecular weight excluding hydrogens is 326 g/mol. The number of benzene rings is 1. The number of hydrogen-bond donors (Lipinski definition) is 2. The third kappa shape index (κ3) is 2.61. The van der Waals surface area contributed by atoms with Gasteiger partial charge in [-0.3, -0.25) is 4.90 Å². The number of nitrogen functional groups attached to an aromatic ring is 1. The minimum Gasteiger partial charge on any atom is -0.399 e. The Morgan fingerprint density at radius 3 is 2.73 bits per heavy atom. The molecule has 132 valence electrons. The zero-order valence-electron chi connectivity index (χ0n) is 14.5. The highest BCUT2D eigenvalue weighted by Gasteiger charge is 2.25. The second kappa shape index (κ2) is 6.10. The smallest absolute Gasteiger partial charge is 0.141 e. The van der Waals surface area contributed by atoms with Crippen molar-refractivity contribution in [1.82, 2.24) is 29.7 Å². The van der Waals surface area contributed by atoms with Crippen molar-refractivity contribution in [1.29, 1.82) is 0 Å². The number of nitrogens with two attached hydrogens (primary N) is 1. The summed E-state index contributed by atoms with van der Waals surface area (Å²) in [6, 6.07) is 10.2. The minimum absolute atomic E-state index is 0.440. The summed E-state index contributed by atoms with van der Waals surface area (Å²) >= 11 is 0. The Labute approximate surface area is 150 Å². The zero-order valence-corrected chi connectivity index (χ0v) is 14.5. The molecule has 5 rings (SSSR count). The first kappa shape index (κ1) is 15.3. The topological polar surface area (TPSA) is 88.1 Å². The van der Waals surface area contributed by atoms with Crippen LogP contribution in [0.15, 0.2) is 42.9 Å². The normalized spacial score (nSPS) is 16.6. The molecule has 7 heteroatoms. The molecule has 1 aliphatic heterocycles. The van der Waals surface area contributed by atoms with Gasteiger partial charge in [0.05, 0.1) is 5.69 Å². The lowest BCUT2D eigenvalue weighted by Gasteiger charge is -2.31. The van der Waals surface area contributed by atoms with Gasteiger partial charge in [-0.1, -0.05) is 17.3 Å². The average Bonchev–Trinajstić information content (AvgIpc) is 3.30. The molecule has 1 aliphatic rings. The molecule has 0 atom stereocenters. The largest absolute Gasteiger partial charge is 0.399 e. The molecule has 0 unspecified atom stereocenters. The molecule has 1 fully saturated rings. The maximum atomic E-state index is 5.77. The van der Waals surface area contributed by atoms with Gasteiger partial charge < -0.3 is 10.7 Å². The third-order valence-electron chi connectivity index (χ3n) is 5.36. The van der Waals surface area contributed by atoms with Gasteiger partial charge in [-0.25, -0.2) is 9.50 Å². The second-order valence-electron chi connectivity index (χ2n) is 7.04. The molecule has 4 aromatic rings. The van der Waals surface area contributed by atoms with E-state index >= 15 is 0 Å². The third-order valence-corrected chi connectivity index (χ3v) is 5.36. The van der Waals surface area contributed by atoms with Gasteiger partial charge >= 0.3 is 0 Å². The standard InChI is InChI=1S/C19H21N7/c20-15-3-1-13(2-4-15)11-25-9-6-14(7-10-25)17-18-16-5-8-21-19(16)22-12-26(18)24-23-17/h1-5,8,12,14,21H,6-7,9-11,20H2. The van der Waals surface area contributed by atoms with Crippen molar-refractivity contribution in [3.63, 3.8) is 0 Å². The maximum Gasteiger partial charge on any atom is 0.141 e. The van der Waals surface area contributed by atoms with Crippen molar-refractivity contribution in [2.45, 2.75) is 25.3 Å². The van der Waals surface area contributed by atoms with Crippen LogP contribution in [-0.4, -0.2) is 42.8 Å². The predicted octanol–water partition coefficient (Wildman–Crippen LogP) is 2.57. The average molecular weight is 347 g/mol. The van der Waals surface area contributed by atoms with Gasteiger partial charge in [-0.2, -0.15) is 0 Å². The SMILES string of the molecule is Nc1ccc(CN2CCC(c3nnn4cnc5[nH]ccc5c34)CC2)cc1. The van der Waals surface area contributed by atoms with E-state index < -0.39 is 0 Å². The van der Waals surface area contributed by atoms with Crippen LogP contribution in [0.25, 0.3) is 16.6 Å². The number of rotatable bonds is 3. The molecule has 3 N–H and O–H groups in total. The molecule has 0 radical (unpaired) electrons. The van der Waals surface area contributed by atoms with Crippen LogP contribution in [0.1, 0.15) is 30.0 Å². The monoisotopic (exact) mass is 347 g/mol. The highest BCUT2D eigenvalue weighted by molar-refractivity contribution is 5.92. The number of nitrogens with zero attached hydrogens (tertiary/aromatic N) is 5. The number of aromatic nitrogens is 5. The van der Waals surface area contributed by atoms with Gasteiger partial charge in [-0.15, -0.1) is 5.10 Å². The molecule has 7 nitrogen and oxygen atoms in total. The highest BCUT2D eigenvalue weighted by Crippen LogP contribution is 2.32. The Kier molecular flexibility index (Phi) is 3.60. The zero-order chi connectivity index (χ0) is 17.5. The molecule has 0 aliphatic carbocycles. The fourth-order valence-corrected chi connectivity index (χ4v) is 3.94. The van der Waals surface area contributed by atoms with Crippen LogP contribution in [0.4, 0.5) is 5.69 Å². The predicted molar refractivity (Wildman–Crippen MR) is 101 cm³/mol. The van der Waals surface area contributed by atoms with Crippen molar-refractivity contribution in [2.24, 2.45) is 0 Å². The van der Waals surface area contributed by atoms with Crippen molar-refractivity contribution in [3.8, 4) is 0 Å². The van der Waals surface area contributed by atoms with E-state index in [0.29, 0.717) is 5.92 Å². The number of aromatic amines is 1. The van der Waals surface area contributed by atoms with E-state index in [2.05, 4.69) is 43.4 Å². The summed E-state index contributed by atoms with van der Waals surface area (Å²) < 4.78 is 1.80. The molecule has 0 saturated carbocycles. The first-order valence-electron chi connectivity index (χ1n) is 9.02. The number of likely N-dealkylation sites (tertiary alicyclic amines) is 1. The van der Waals surface area contributed by atoms with E-state index in [0.717, 1.165) is 60.4 Å². The van der Waals surface area contributed by atoms with Crippen molar-refractivity contribution in [3.05, 3.63) is 54.1 Å². The van der Waals surface area contributed by atoms with E-state index in [9.17, 15) is 0 Å². The molecule has 26 heavy (non-hydrogen) atoms. The summed E-state index contributed by atoms with van der Waals surface area (Å²) in [5.41, 5.74) is 11.0. The second-order valence-corrected chi connectivity index (χ2v) is 7.04. The van der Waals surface area contributed by atoms with Crippen LogP contribution in [0.2, 0.25) is 0 Å². The van der Waals surface area contributed by atoms with E-state index in [-0.39, 0.29) is 0 Å². The molecule has 3 aromatic heterocycles. The minimum atomic E-state index is 0.440. The number of hydrogen-bond acceptors (Lipinski definition) is 5. The number of anilines is 1. The van der Waals surface area contributed by atoms with Crippen molar-refractivity contribution < 1.29 is 0 Å². The number of H-pyrrole nitrogens is 1. The molecule has 1 aromatic carbocycles. The van der Waals surface area contributed by atoms with Crippen LogP contribution in [0.3, 0.4) is 0 Å². The van der Waals surface area contributed by atoms with E-state index in [1.54, 1.807) is 10.8 Å². The molecule has 0 bridgehead atoms. The lowest BCUT2D eigenvalue weighted by Crippen LogP contribution is -2.32. The number of fused-ring (bicyclic) bond motifs is 3. The summed E-state index contributed by atoms with van der Waals surface area (Å²) in [6.07, 6.45) is 5.85. The lowest BCUT2D eigenvalue weighted by molar-refractivity contribution is 0.203. The van der Waals surface area contributed by atoms with Crippen LogP contribution in [0, 0.1) is 0 Å². The van der Waals surface area contributed by atoms with Gasteiger partial charge in [0.15, 0.2) is 0 Å². The molecule has 0 amide bonds. The Hall–Kier alpha value is -2.93. The fourth-order valence-electron chi connectivity index (χ4n) is 3.94. The number of piperidine rings is 1. The first-order valence-corrected chi connectivity index (χ1v) is 9.02. The summed E-state index contributed by atoms with van der Waals surface area (Å²) in [5, 5.41) is 9.87. The van der Waals surface area contributed by atoms with Crippen LogP contribution < -0.4 is 5.73 Å². The van der Waals surface area contributed by atoms with Gasteiger partial charge in [0.25, 0.3) is 0 Å². The first-order chi connectivity index (χ1) is 12.8. The molecule has 1 saturated heterocycles. The highest BCUT2D eigenvalue weighted by atomic mass is 15.4. The summed E-state index contributed by atoms with van der Waals surface area (Å²) in [5.74, 6) is 0.440. The Morgan fingerprint density at radius 1 is 1.12 bits per heavy atom. The van der Waals surface area contributed by atoms with Crippen LogP contribution in [0.5, 0.6) is 0 Å². The summed E-state index contributed by atoms with van der Waals surface area (Å²) in [6.45, 7) is 3.10. The van der Waals surface area contributed by atoms with Crippen LogP contribution >= 0.6 is 0 Å². The van der Waals surface area contributed by atoms with Gasteiger partial charge in [0, 0.05) is 29.7 Å². The maximum absolute atomic E-state index is 5.77. The van der Waals surface area contributed by atoms with Gasteiger partial charge in [0.2, 0.25) is 0 Å². The van der Waals surface area contributed by atoms with Gasteiger partial charge in [-0.05, 0) is 49.7 Å².